The molecule has 1 aromatic heterocycles. The van der Waals surface area contributed by atoms with Crippen molar-refractivity contribution < 1.29 is 14.3 Å². The lowest BCUT2D eigenvalue weighted by Crippen LogP contribution is -2.23. The van der Waals surface area contributed by atoms with Crippen molar-refractivity contribution in [2.75, 3.05) is 25.1 Å². The van der Waals surface area contributed by atoms with E-state index in [9.17, 15) is 0 Å². The molecule has 5 nitrogen and oxygen atoms in total. The summed E-state index contributed by atoms with van der Waals surface area (Å²) in [4.78, 5) is 22.9. The van der Waals surface area contributed by atoms with Crippen molar-refractivity contribution in [2.45, 2.75) is 33.3 Å². The maximum atomic E-state index is 8.12. The Hall–Kier alpha value is -1.23. The Morgan fingerprint density at radius 1 is 1.50 bits per heavy atom. The third-order valence-corrected chi connectivity index (χ3v) is 3.11. The van der Waals surface area contributed by atoms with Gasteiger partial charge in [0.1, 0.15) is 0 Å². The molecule has 1 heterocycles. The molecule has 0 amide bonds. The van der Waals surface area contributed by atoms with Crippen LogP contribution in [0.2, 0.25) is 0 Å². The van der Waals surface area contributed by atoms with Crippen molar-refractivity contribution in [1.29, 1.82) is 0 Å². The van der Waals surface area contributed by atoms with Crippen LogP contribution in [0.3, 0.4) is 0 Å². The minimum absolute atomic E-state index is 0.250. The first-order chi connectivity index (χ1) is 8.54. The minimum atomic E-state index is 0.250. The highest BCUT2D eigenvalue weighted by molar-refractivity contribution is 7.13. The topological polar surface area (TPSA) is 59.5 Å². The molecule has 0 bridgehead atoms. The van der Waals surface area contributed by atoms with E-state index in [1.807, 2.05) is 0 Å². The molecule has 0 aromatic carbocycles. The van der Waals surface area contributed by atoms with Gasteiger partial charge in [-0.25, -0.2) is 4.98 Å². The largest absolute Gasteiger partial charge is 0.377 e. The number of ether oxygens (including phenoxy) is 1. The van der Waals surface area contributed by atoms with Crippen LogP contribution in [0.1, 0.15) is 26.5 Å². The van der Waals surface area contributed by atoms with Gasteiger partial charge in [-0.2, -0.15) is 9.59 Å². The number of nitrogens with zero attached hydrogens (tertiary/aromatic N) is 2. The van der Waals surface area contributed by atoms with E-state index in [1.165, 1.54) is 5.69 Å². The van der Waals surface area contributed by atoms with Gasteiger partial charge in [0, 0.05) is 19.0 Å². The number of hydrogen-bond donors (Lipinski definition) is 0. The molecular weight excluding hydrogens is 252 g/mol. The van der Waals surface area contributed by atoms with E-state index in [1.54, 1.807) is 11.3 Å². The number of thiazole rings is 1. The summed E-state index contributed by atoms with van der Waals surface area (Å²) in [6.45, 7) is 7.89. The number of hydrogen-bond acceptors (Lipinski definition) is 6. The smallest absolute Gasteiger partial charge is 0.373 e. The molecular formula is C12H20N2O3S. The van der Waals surface area contributed by atoms with Gasteiger partial charge in [-0.05, 0) is 20.3 Å². The zero-order chi connectivity index (χ0) is 14.0. The summed E-state index contributed by atoms with van der Waals surface area (Å²) >= 11 is 1.70. The average Bonchev–Trinajstić information content (AvgIpc) is 2.78. The van der Waals surface area contributed by atoms with E-state index in [0.717, 1.165) is 24.7 Å². The quantitative estimate of drug-likeness (QED) is 0.792. The Morgan fingerprint density at radius 3 is 2.56 bits per heavy atom. The van der Waals surface area contributed by atoms with Gasteiger partial charge in [0.15, 0.2) is 5.13 Å². The van der Waals surface area contributed by atoms with E-state index >= 15 is 0 Å². The van der Waals surface area contributed by atoms with Crippen LogP contribution in [0.5, 0.6) is 0 Å². The third-order valence-electron chi connectivity index (χ3n) is 2.11. The predicted molar refractivity (Wildman–Crippen MR) is 70.9 cm³/mol. The van der Waals surface area contributed by atoms with Gasteiger partial charge in [0.25, 0.3) is 0 Å². The number of aromatic nitrogens is 1. The van der Waals surface area contributed by atoms with E-state index in [0.29, 0.717) is 6.10 Å². The Bertz CT molecular complexity index is 360. The lowest BCUT2D eigenvalue weighted by atomic mass is 10.4. The molecule has 0 aliphatic carbocycles. The lowest BCUT2D eigenvalue weighted by molar-refractivity contribution is -0.191. The summed E-state index contributed by atoms with van der Waals surface area (Å²) in [6, 6.07) is 0. The molecule has 1 aromatic rings. The fraction of sp³-hybridized carbons (Fsp3) is 0.667. The predicted octanol–water partition coefficient (Wildman–Crippen LogP) is 1.98. The van der Waals surface area contributed by atoms with Crippen molar-refractivity contribution in [1.82, 2.24) is 4.98 Å². The molecule has 0 saturated carbocycles. The maximum absolute atomic E-state index is 8.12. The van der Waals surface area contributed by atoms with Crippen molar-refractivity contribution >= 4 is 22.6 Å². The zero-order valence-electron chi connectivity index (χ0n) is 11.3. The zero-order valence-corrected chi connectivity index (χ0v) is 12.1. The second kappa shape index (κ2) is 9.76. The van der Waals surface area contributed by atoms with Gasteiger partial charge in [0.2, 0.25) is 0 Å². The lowest BCUT2D eigenvalue weighted by Gasteiger charge is -2.16. The summed E-state index contributed by atoms with van der Waals surface area (Å²) in [5.74, 6) is 0. The first kappa shape index (κ1) is 16.8. The average molecular weight is 272 g/mol. The molecule has 0 N–H and O–H groups in total. The fourth-order valence-corrected chi connectivity index (χ4v) is 2.06. The molecule has 0 aliphatic rings. The van der Waals surface area contributed by atoms with Crippen molar-refractivity contribution in [3.05, 3.63) is 11.1 Å². The normalized spacial score (nSPS) is 9.61. The van der Waals surface area contributed by atoms with Crippen molar-refractivity contribution in [2.24, 2.45) is 0 Å². The van der Waals surface area contributed by atoms with Gasteiger partial charge in [0.05, 0.1) is 18.4 Å². The number of rotatable bonds is 6. The van der Waals surface area contributed by atoms with Gasteiger partial charge >= 0.3 is 6.15 Å². The third kappa shape index (κ3) is 7.17. The molecule has 0 spiro atoms. The Morgan fingerprint density at radius 2 is 2.11 bits per heavy atom. The summed E-state index contributed by atoms with van der Waals surface area (Å²) in [5.41, 5.74) is 1.17. The summed E-state index contributed by atoms with van der Waals surface area (Å²) in [7, 11) is 2.06. The second-order valence-electron chi connectivity index (χ2n) is 3.90. The molecule has 0 radical (unpaired) electrons. The van der Waals surface area contributed by atoms with E-state index < -0.39 is 0 Å². The molecule has 0 unspecified atom stereocenters. The maximum Gasteiger partial charge on any atom is 0.373 e. The first-order valence-electron chi connectivity index (χ1n) is 5.81. The van der Waals surface area contributed by atoms with Gasteiger partial charge in [-0.15, -0.1) is 11.3 Å². The molecule has 0 saturated heterocycles. The second-order valence-corrected chi connectivity index (χ2v) is 4.74. The van der Waals surface area contributed by atoms with Crippen molar-refractivity contribution in [3.63, 3.8) is 0 Å². The molecule has 0 fully saturated rings. The summed E-state index contributed by atoms with van der Waals surface area (Å²) in [5, 5.41) is 3.20. The molecule has 102 valence electrons. The minimum Gasteiger partial charge on any atom is -0.377 e. The van der Waals surface area contributed by atoms with Gasteiger partial charge in [-0.3, -0.25) is 0 Å². The van der Waals surface area contributed by atoms with Crippen LogP contribution >= 0.6 is 11.3 Å². The first-order valence-corrected chi connectivity index (χ1v) is 6.69. The van der Waals surface area contributed by atoms with Crippen LogP contribution in [0.4, 0.5) is 5.13 Å². The SMILES string of the molecule is CCc1csc(N(C)CCOC(C)C)n1.O=C=O. The van der Waals surface area contributed by atoms with E-state index in [4.69, 9.17) is 14.3 Å². The van der Waals surface area contributed by atoms with E-state index in [-0.39, 0.29) is 6.15 Å². The van der Waals surface area contributed by atoms with E-state index in [2.05, 4.69) is 43.1 Å². The number of anilines is 1. The van der Waals surface area contributed by atoms with Crippen molar-refractivity contribution in [3.8, 4) is 0 Å². The van der Waals surface area contributed by atoms with Crippen LogP contribution < -0.4 is 4.90 Å². The van der Waals surface area contributed by atoms with Crippen LogP contribution in [0.25, 0.3) is 0 Å². The highest BCUT2D eigenvalue weighted by Gasteiger charge is 2.06. The molecule has 18 heavy (non-hydrogen) atoms. The fourth-order valence-electron chi connectivity index (χ4n) is 1.15. The summed E-state index contributed by atoms with van der Waals surface area (Å²) in [6.07, 6.45) is 1.56. The molecule has 1 rings (SSSR count). The summed E-state index contributed by atoms with van der Waals surface area (Å²) < 4.78 is 5.50. The monoisotopic (exact) mass is 272 g/mol. The number of carbonyl (C=O) groups excluding carboxylic acids is 2. The van der Waals surface area contributed by atoms with Crippen LogP contribution in [-0.2, 0) is 20.7 Å². The Labute approximate surface area is 112 Å². The van der Waals surface area contributed by atoms with Gasteiger partial charge in [-0.1, -0.05) is 6.92 Å². The molecule has 0 atom stereocenters. The van der Waals surface area contributed by atoms with Crippen LogP contribution in [0.15, 0.2) is 5.38 Å². The highest BCUT2D eigenvalue weighted by atomic mass is 32.1. The highest BCUT2D eigenvalue weighted by Crippen LogP contribution is 2.19. The van der Waals surface area contributed by atoms with Gasteiger partial charge < -0.3 is 9.64 Å². The Kier molecular flexibility index (Phi) is 9.10. The number of aryl methyl sites for hydroxylation is 1. The molecule has 0 aliphatic heterocycles. The number of likely N-dealkylation sites (N-methyl/N-ethyl adjacent to an activating group) is 1. The van der Waals surface area contributed by atoms with Crippen LogP contribution in [-0.4, -0.2) is 37.4 Å². The van der Waals surface area contributed by atoms with Crippen LogP contribution in [0, 0.1) is 0 Å². The Balaban J connectivity index is 0.000000873. The standard InChI is InChI=1S/C11H20N2OS.CO2/c1-5-10-8-15-11(12-10)13(4)6-7-14-9(2)3;2-1-3/h8-9H,5-7H2,1-4H3;. The molecule has 6 heteroatoms.